The van der Waals surface area contributed by atoms with E-state index in [1.165, 1.54) is 21.3 Å². The first-order chi connectivity index (χ1) is 14.9. The maximum atomic E-state index is 12.6. The van der Waals surface area contributed by atoms with Crippen LogP contribution in [0.2, 0.25) is 0 Å². The molecule has 0 aliphatic heterocycles. The molecule has 1 heterocycles. The lowest BCUT2D eigenvalue weighted by Gasteiger charge is -2.16. The van der Waals surface area contributed by atoms with Gasteiger partial charge in [-0.3, -0.25) is 0 Å². The van der Waals surface area contributed by atoms with Crippen molar-refractivity contribution in [2.24, 2.45) is 0 Å². The minimum absolute atomic E-state index is 0.205. The summed E-state index contributed by atoms with van der Waals surface area (Å²) in [6, 6.07) is 12.2. The van der Waals surface area contributed by atoms with Crippen molar-refractivity contribution in [3.8, 4) is 29.0 Å². The van der Waals surface area contributed by atoms with Gasteiger partial charge in [0.2, 0.25) is 5.75 Å². The molecule has 9 nitrogen and oxygen atoms in total. The number of anilines is 2. The minimum atomic E-state index is -0.471. The van der Waals surface area contributed by atoms with Gasteiger partial charge in [0.1, 0.15) is 5.75 Å². The van der Waals surface area contributed by atoms with Crippen molar-refractivity contribution in [2.75, 3.05) is 32.0 Å². The van der Waals surface area contributed by atoms with Crippen LogP contribution in [-0.4, -0.2) is 37.3 Å². The Morgan fingerprint density at radius 2 is 1.42 bits per heavy atom. The third-order valence-corrected chi connectivity index (χ3v) is 4.36. The first-order valence-electron chi connectivity index (χ1n) is 9.41. The monoisotopic (exact) mass is 424 g/mol. The second-order valence-corrected chi connectivity index (χ2v) is 6.46. The molecule has 3 aromatic rings. The summed E-state index contributed by atoms with van der Waals surface area (Å²) in [5.41, 5.74) is 2.09. The van der Waals surface area contributed by atoms with E-state index >= 15 is 0 Å². The zero-order valence-corrected chi connectivity index (χ0v) is 18.0. The van der Waals surface area contributed by atoms with E-state index in [9.17, 15) is 4.79 Å². The maximum absolute atomic E-state index is 12.6. The Morgan fingerprint density at radius 1 is 0.839 bits per heavy atom. The summed E-state index contributed by atoms with van der Waals surface area (Å²) in [6.07, 6.45) is 0. The second kappa shape index (κ2) is 9.66. The number of rotatable bonds is 7. The zero-order chi connectivity index (χ0) is 22.4. The van der Waals surface area contributed by atoms with E-state index in [0.717, 1.165) is 0 Å². The number of aromatic nitrogens is 2. The van der Waals surface area contributed by atoms with Crippen LogP contribution in [0.5, 0.6) is 29.0 Å². The number of carbonyl (C=O) groups is 1. The molecule has 0 radical (unpaired) electrons. The van der Waals surface area contributed by atoms with Gasteiger partial charge >= 0.3 is 12.0 Å². The summed E-state index contributed by atoms with van der Waals surface area (Å²) < 4.78 is 21.6. The molecule has 0 unspecified atom stereocenters. The first kappa shape index (κ1) is 21.7. The second-order valence-electron chi connectivity index (χ2n) is 6.46. The highest BCUT2D eigenvalue weighted by Gasteiger charge is 2.16. The number of nitrogens with one attached hydrogen (secondary N) is 2. The molecule has 0 aliphatic carbocycles. The summed E-state index contributed by atoms with van der Waals surface area (Å²) in [5, 5.41) is 5.53. The zero-order valence-electron chi connectivity index (χ0n) is 18.0. The number of para-hydroxylation sites is 1. The molecule has 2 N–H and O–H groups in total. The van der Waals surface area contributed by atoms with Crippen LogP contribution in [0.15, 0.2) is 42.5 Å². The van der Waals surface area contributed by atoms with Crippen LogP contribution in [0.25, 0.3) is 0 Å². The van der Waals surface area contributed by atoms with Crippen molar-refractivity contribution in [2.45, 2.75) is 13.8 Å². The largest absolute Gasteiger partial charge is 0.493 e. The van der Waals surface area contributed by atoms with Gasteiger partial charge in [0.25, 0.3) is 0 Å². The van der Waals surface area contributed by atoms with Crippen LogP contribution in [0.1, 0.15) is 11.4 Å². The Morgan fingerprint density at radius 3 is 1.94 bits per heavy atom. The molecule has 0 atom stereocenters. The van der Waals surface area contributed by atoms with Crippen LogP contribution >= 0.6 is 0 Å². The average Bonchev–Trinajstić information content (AvgIpc) is 2.76. The molecule has 162 valence electrons. The Kier molecular flexibility index (Phi) is 6.76. The number of aryl methyl sites for hydroxylation is 2. The van der Waals surface area contributed by atoms with E-state index in [4.69, 9.17) is 18.9 Å². The lowest BCUT2D eigenvalue weighted by atomic mass is 10.2. The number of nitrogens with zero attached hydrogens (tertiary/aromatic N) is 2. The maximum Gasteiger partial charge on any atom is 0.323 e. The van der Waals surface area contributed by atoms with Crippen LogP contribution in [0.4, 0.5) is 16.2 Å². The van der Waals surface area contributed by atoms with Gasteiger partial charge in [0, 0.05) is 12.1 Å². The van der Waals surface area contributed by atoms with E-state index < -0.39 is 6.03 Å². The van der Waals surface area contributed by atoms with Crippen LogP contribution < -0.4 is 29.6 Å². The molecule has 0 fully saturated rings. The molecule has 9 heteroatoms. The Bertz CT molecular complexity index is 1020. The van der Waals surface area contributed by atoms with Crippen molar-refractivity contribution in [3.63, 3.8) is 0 Å². The molecule has 0 bridgehead atoms. The standard InChI is InChI=1S/C22H24N4O5/c1-13-19(14(2)24-22(23-13)31-16-9-7-6-8-10-16)26-21(27)25-15-11-17(28-3)20(30-5)18(12-15)29-4/h6-12H,1-5H3,(H2,25,26,27). The quantitative estimate of drug-likeness (QED) is 0.573. The van der Waals surface area contributed by atoms with Gasteiger partial charge in [0.05, 0.1) is 44.1 Å². The first-order valence-corrected chi connectivity index (χ1v) is 9.41. The summed E-state index contributed by atoms with van der Waals surface area (Å²) in [6.45, 7) is 3.53. The Balaban J connectivity index is 1.76. The summed E-state index contributed by atoms with van der Waals surface area (Å²) in [7, 11) is 4.52. The topological polar surface area (TPSA) is 104 Å². The van der Waals surface area contributed by atoms with Gasteiger partial charge in [-0.25, -0.2) is 4.79 Å². The number of carbonyl (C=O) groups excluding carboxylic acids is 1. The fourth-order valence-electron chi connectivity index (χ4n) is 2.94. The van der Waals surface area contributed by atoms with E-state index in [2.05, 4.69) is 20.6 Å². The number of amides is 2. The van der Waals surface area contributed by atoms with E-state index in [-0.39, 0.29) is 6.01 Å². The van der Waals surface area contributed by atoms with Crippen molar-refractivity contribution < 1.29 is 23.7 Å². The van der Waals surface area contributed by atoms with Crippen LogP contribution in [0.3, 0.4) is 0 Å². The summed E-state index contributed by atoms with van der Waals surface area (Å²) in [4.78, 5) is 21.3. The predicted molar refractivity (Wildman–Crippen MR) is 117 cm³/mol. The SMILES string of the molecule is COc1cc(NC(=O)Nc2c(C)nc(Oc3ccccc3)nc2C)cc(OC)c1OC. The highest BCUT2D eigenvalue weighted by Crippen LogP contribution is 2.40. The van der Waals surface area contributed by atoms with E-state index in [1.54, 1.807) is 26.0 Å². The van der Waals surface area contributed by atoms with Crippen molar-refractivity contribution in [1.82, 2.24) is 9.97 Å². The fraction of sp³-hybridized carbons (Fsp3) is 0.227. The van der Waals surface area contributed by atoms with Crippen molar-refractivity contribution in [3.05, 3.63) is 53.9 Å². The van der Waals surface area contributed by atoms with Crippen LogP contribution in [-0.2, 0) is 0 Å². The third kappa shape index (κ3) is 5.13. The Hall–Kier alpha value is -4.01. The minimum Gasteiger partial charge on any atom is -0.493 e. The number of hydrogen-bond acceptors (Lipinski definition) is 7. The molecule has 0 saturated heterocycles. The molecular formula is C22H24N4O5. The highest BCUT2D eigenvalue weighted by atomic mass is 16.5. The number of urea groups is 1. The average molecular weight is 424 g/mol. The third-order valence-electron chi connectivity index (χ3n) is 4.36. The van der Waals surface area contributed by atoms with Crippen LogP contribution in [0, 0.1) is 13.8 Å². The van der Waals surface area contributed by atoms with Gasteiger partial charge < -0.3 is 29.6 Å². The summed E-state index contributed by atoms with van der Waals surface area (Å²) >= 11 is 0. The lowest BCUT2D eigenvalue weighted by Crippen LogP contribution is -2.21. The highest BCUT2D eigenvalue weighted by molar-refractivity contribution is 6.00. The van der Waals surface area contributed by atoms with Crippen molar-refractivity contribution in [1.29, 1.82) is 0 Å². The Labute approximate surface area is 180 Å². The summed E-state index contributed by atoms with van der Waals surface area (Å²) in [5.74, 6) is 1.91. The molecule has 2 amide bonds. The van der Waals surface area contributed by atoms with Gasteiger partial charge in [-0.1, -0.05) is 18.2 Å². The van der Waals surface area contributed by atoms with E-state index in [1.807, 2.05) is 30.3 Å². The molecule has 0 saturated carbocycles. The predicted octanol–water partition coefficient (Wildman–Crippen LogP) is 4.56. The van der Waals surface area contributed by atoms with E-state index in [0.29, 0.717) is 45.8 Å². The molecule has 0 aliphatic rings. The fourth-order valence-corrected chi connectivity index (χ4v) is 2.94. The smallest absolute Gasteiger partial charge is 0.323 e. The van der Waals surface area contributed by atoms with Gasteiger partial charge in [-0.05, 0) is 26.0 Å². The van der Waals surface area contributed by atoms with Gasteiger partial charge in [-0.15, -0.1) is 0 Å². The number of hydrogen-bond donors (Lipinski definition) is 2. The molecular weight excluding hydrogens is 400 g/mol. The normalized spacial score (nSPS) is 10.2. The van der Waals surface area contributed by atoms with Crippen molar-refractivity contribution >= 4 is 17.4 Å². The number of benzene rings is 2. The van der Waals surface area contributed by atoms with Gasteiger partial charge in [-0.2, -0.15) is 9.97 Å². The lowest BCUT2D eigenvalue weighted by molar-refractivity contribution is 0.262. The number of ether oxygens (including phenoxy) is 4. The molecule has 1 aromatic heterocycles. The molecule has 0 spiro atoms. The molecule has 31 heavy (non-hydrogen) atoms. The number of methoxy groups -OCH3 is 3. The molecule has 3 rings (SSSR count). The van der Waals surface area contributed by atoms with Gasteiger partial charge in [0.15, 0.2) is 11.5 Å². The molecule has 2 aromatic carbocycles.